The molecule has 0 saturated heterocycles. The largest absolute Gasteiger partial charge is 0.388 e. The van der Waals surface area contributed by atoms with Crippen molar-refractivity contribution in [2.45, 2.75) is 18.9 Å². The molecule has 0 radical (unpaired) electrons. The van der Waals surface area contributed by atoms with E-state index in [1.165, 1.54) is 0 Å². The van der Waals surface area contributed by atoms with Gasteiger partial charge in [0.25, 0.3) is 0 Å². The van der Waals surface area contributed by atoms with Crippen LogP contribution in [-0.4, -0.2) is 5.11 Å². The second-order valence-electron chi connectivity index (χ2n) is 3.10. The Bertz CT molecular complexity index is 365. The van der Waals surface area contributed by atoms with Crippen molar-refractivity contribution < 1.29 is 13.9 Å². The summed E-state index contributed by atoms with van der Waals surface area (Å²) in [6, 6.07) is 0.803. The molecule has 0 fully saturated rings. The minimum Gasteiger partial charge on any atom is -0.388 e. The average Bonchev–Trinajstić information content (AvgIpc) is 2.44. The second-order valence-corrected chi connectivity index (χ2v) is 3.89. The first-order chi connectivity index (χ1) is 6.11. The Balaban J connectivity index is 2.69. The Morgan fingerprint density at radius 1 is 1.38 bits per heavy atom. The van der Waals surface area contributed by atoms with Gasteiger partial charge in [-0.05, 0) is 34.3 Å². The van der Waals surface area contributed by atoms with Crippen LogP contribution in [0.4, 0.5) is 8.78 Å². The number of rotatable bonds is 0. The van der Waals surface area contributed by atoms with Crippen molar-refractivity contribution >= 4 is 15.9 Å². The summed E-state index contributed by atoms with van der Waals surface area (Å²) in [6.45, 7) is 0. The van der Waals surface area contributed by atoms with Crippen LogP contribution < -0.4 is 0 Å². The molecule has 70 valence electrons. The smallest absolute Gasteiger partial charge is 0.140 e. The minimum absolute atomic E-state index is 0.244. The van der Waals surface area contributed by atoms with Crippen molar-refractivity contribution in [2.75, 3.05) is 0 Å². The average molecular weight is 249 g/mol. The highest BCUT2D eigenvalue weighted by Gasteiger charge is 2.27. The topological polar surface area (TPSA) is 20.2 Å². The molecule has 0 amide bonds. The summed E-state index contributed by atoms with van der Waals surface area (Å²) in [5.74, 6) is -1.26. The third kappa shape index (κ3) is 1.28. The summed E-state index contributed by atoms with van der Waals surface area (Å²) in [6.07, 6.45) is 0.201. The van der Waals surface area contributed by atoms with Crippen molar-refractivity contribution in [3.63, 3.8) is 0 Å². The van der Waals surface area contributed by atoms with Gasteiger partial charge in [-0.1, -0.05) is 0 Å². The lowest BCUT2D eigenvalue weighted by Crippen LogP contribution is -1.97. The maximum absolute atomic E-state index is 13.2. The van der Waals surface area contributed by atoms with E-state index in [-0.39, 0.29) is 10.0 Å². The molecule has 0 bridgehead atoms. The van der Waals surface area contributed by atoms with E-state index in [9.17, 15) is 13.9 Å². The third-order valence-electron chi connectivity index (χ3n) is 2.31. The fourth-order valence-corrected chi connectivity index (χ4v) is 2.22. The van der Waals surface area contributed by atoms with Crippen LogP contribution in [-0.2, 0) is 6.42 Å². The highest BCUT2D eigenvalue weighted by atomic mass is 79.9. The van der Waals surface area contributed by atoms with Gasteiger partial charge in [0.2, 0.25) is 0 Å². The molecule has 0 aromatic heterocycles. The highest BCUT2D eigenvalue weighted by Crippen LogP contribution is 2.38. The summed E-state index contributed by atoms with van der Waals surface area (Å²) < 4.78 is 26.4. The van der Waals surface area contributed by atoms with Crippen LogP contribution >= 0.6 is 15.9 Å². The molecule has 4 heteroatoms. The quantitative estimate of drug-likeness (QED) is 0.701. The predicted molar refractivity (Wildman–Crippen MR) is 47.3 cm³/mol. The number of aliphatic hydroxyl groups excluding tert-OH is 1. The molecule has 1 aliphatic carbocycles. The van der Waals surface area contributed by atoms with Crippen molar-refractivity contribution in [1.29, 1.82) is 0 Å². The lowest BCUT2D eigenvalue weighted by Gasteiger charge is -2.07. The molecule has 13 heavy (non-hydrogen) atoms. The molecule has 1 N–H and O–H groups in total. The monoisotopic (exact) mass is 248 g/mol. The SMILES string of the molecule is OC1CCc2c(Br)c(F)cc(F)c21. The van der Waals surface area contributed by atoms with E-state index < -0.39 is 17.7 Å². The summed E-state index contributed by atoms with van der Waals surface area (Å²) in [7, 11) is 0. The van der Waals surface area contributed by atoms with E-state index in [0.717, 1.165) is 6.07 Å². The number of aliphatic hydroxyl groups is 1. The van der Waals surface area contributed by atoms with E-state index in [1.54, 1.807) is 0 Å². The Morgan fingerprint density at radius 3 is 2.77 bits per heavy atom. The van der Waals surface area contributed by atoms with Gasteiger partial charge >= 0.3 is 0 Å². The number of hydrogen-bond donors (Lipinski definition) is 1. The van der Waals surface area contributed by atoms with Crippen LogP contribution in [0.2, 0.25) is 0 Å². The van der Waals surface area contributed by atoms with Gasteiger partial charge in [-0.3, -0.25) is 0 Å². The van der Waals surface area contributed by atoms with Gasteiger partial charge in [-0.2, -0.15) is 0 Å². The molecule has 1 aliphatic rings. The van der Waals surface area contributed by atoms with Crippen LogP contribution in [0, 0.1) is 11.6 Å². The maximum Gasteiger partial charge on any atom is 0.140 e. The zero-order chi connectivity index (χ0) is 9.59. The fraction of sp³-hybridized carbons (Fsp3) is 0.333. The third-order valence-corrected chi connectivity index (χ3v) is 3.17. The summed E-state index contributed by atoms with van der Waals surface area (Å²) in [5.41, 5.74) is 0.804. The van der Waals surface area contributed by atoms with E-state index in [1.807, 2.05) is 0 Å². The molecule has 0 aliphatic heterocycles. The van der Waals surface area contributed by atoms with Crippen LogP contribution in [0.1, 0.15) is 23.7 Å². The van der Waals surface area contributed by atoms with Crippen molar-refractivity contribution in [2.24, 2.45) is 0 Å². The molecule has 1 unspecified atom stereocenters. The maximum atomic E-state index is 13.2. The molecule has 0 spiro atoms. The first kappa shape index (κ1) is 9.09. The Hall–Kier alpha value is -0.480. The minimum atomic E-state index is -0.785. The molecule has 1 nitrogen and oxygen atoms in total. The number of halogens is 3. The molecule has 1 aromatic carbocycles. The van der Waals surface area contributed by atoms with Gasteiger partial charge in [0.05, 0.1) is 10.6 Å². The summed E-state index contributed by atoms with van der Waals surface area (Å²) in [4.78, 5) is 0. The first-order valence-electron chi connectivity index (χ1n) is 3.95. The van der Waals surface area contributed by atoms with E-state index in [2.05, 4.69) is 15.9 Å². The predicted octanol–water partition coefficient (Wildman–Crippen LogP) is 2.71. The summed E-state index contributed by atoms with van der Waals surface area (Å²) in [5, 5.41) is 9.39. The van der Waals surface area contributed by atoms with Crippen LogP contribution in [0.5, 0.6) is 0 Å². The van der Waals surface area contributed by atoms with Crippen molar-refractivity contribution in [3.05, 3.63) is 33.3 Å². The van der Waals surface area contributed by atoms with Crippen LogP contribution in [0.3, 0.4) is 0 Å². The number of hydrogen-bond acceptors (Lipinski definition) is 1. The standard InChI is InChI=1S/C9H7BrF2O/c10-9-4-1-2-7(13)8(4)5(11)3-6(9)12/h3,7,13H,1-2H2. The fourth-order valence-electron chi connectivity index (χ4n) is 1.69. The molecule has 0 heterocycles. The molecular weight excluding hydrogens is 242 g/mol. The second kappa shape index (κ2) is 3.03. The highest BCUT2D eigenvalue weighted by molar-refractivity contribution is 9.10. The molecule has 1 atom stereocenters. The van der Waals surface area contributed by atoms with E-state index in [0.29, 0.717) is 18.4 Å². The van der Waals surface area contributed by atoms with Crippen LogP contribution in [0.15, 0.2) is 10.5 Å². The molecule has 2 rings (SSSR count). The first-order valence-corrected chi connectivity index (χ1v) is 4.75. The lowest BCUT2D eigenvalue weighted by molar-refractivity contribution is 0.175. The Labute approximate surface area is 82.5 Å². The van der Waals surface area contributed by atoms with E-state index >= 15 is 0 Å². The molecule has 1 aromatic rings. The van der Waals surface area contributed by atoms with Gasteiger partial charge < -0.3 is 5.11 Å². The number of benzene rings is 1. The van der Waals surface area contributed by atoms with Gasteiger partial charge in [0, 0.05) is 11.6 Å². The molecule has 0 saturated carbocycles. The lowest BCUT2D eigenvalue weighted by atomic mass is 10.1. The molecular formula is C9H7BrF2O. The Kier molecular flexibility index (Phi) is 2.12. The van der Waals surface area contributed by atoms with Gasteiger partial charge in [0.15, 0.2) is 0 Å². The van der Waals surface area contributed by atoms with Crippen LogP contribution in [0.25, 0.3) is 0 Å². The summed E-state index contributed by atoms with van der Waals surface area (Å²) >= 11 is 3.04. The van der Waals surface area contributed by atoms with E-state index in [4.69, 9.17) is 0 Å². The van der Waals surface area contributed by atoms with Gasteiger partial charge in [0.1, 0.15) is 11.6 Å². The van der Waals surface area contributed by atoms with Gasteiger partial charge in [-0.25, -0.2) is 8.78 Å². The normalized spacial score (nSPS) is 20.5. The van der Waals surface area contributed by atoms with Gasteiger partial charge in [-0.15, -0.1) is 0 Å². The Morgan fingerprint density at radius 2 is 2.08 bits per heavy atom. The van der Waals surface area contributed by atoms with Crippen molar-refractivity contribution in [3.8, 4) is 0 Å². The van der Waals surface area contributed by atoms with Crippen molar-refractivity contribution in [1.82, 2.24) is 0 Å². The number of fused-ring (bicyclic) bond motifs is 1. The zero-order valence-corrected chi connectivity index (χ0v) is 8.24. The zero-order valence-electron chi connectivity index (χ0n) is 6.65.